The molecule has 2 aromatic rings. The molecule has 0 saturated heterocycles. The predicted molar refractivity (Wildman–Crippen MR) is 85.5 cm³/mol. The number of thiophene rings is 1. The second-order valence-electron chi connectivity index (χ2n) is 4.28. The van der Waals surface area contributed by atoms with Crippen LogP contribution in [0.25, 0.3) is 0 Å². The largest absolute Gasteiger partial charge is 0.460 e. The number of rotatable bonds is 7. The van der Waals surface area contributed by atoms with Crippen LogP contribution in [0.4, 0.5) is 0 Å². The number of hydrogen-bond donors (Lipinski definition) is 0. The van der Waals surface area contributed by atoms with Crippen molar-refractivity contribution < 1.29 is 19.1 Å². The normalized spacial score (nSPS) is 10.2. The number of ketones is 2. The van der Waals surface area contributed by atoms with Gasteiger partial charge >= 0.3 is 5.97 Å². The molecule has 0 radical (unpaired) electrons. The van der Waals surface area contributed by atoms with Crippen LogP contribution < -0.4 is 0 Å². The summed E-state index contributed by atoms with van der Waals surface area (Å²) in [5, 5.41) is 0. The molecule has 0 aliphatic heterocycles. The Morgan fingerprint density at radius 2 is 1.82 bits per heavy atom. The van der Waals surface area contributed by atoms with Crippen molar-refractivity contribution in [3.63, 3.8) is 0 Å². The summed E-state index contributed by atoms with van der Waals surface area (Å²) in [7, 11) is 0. The third kappa shape index (κ3) is 4.54. The van der Waals surface area contributed by atoms with Crippen molar-refractivity contribution in [2.45, 2.75) is 22.4 Å². The van der Waals surface area contributed by atoms with Crippen LogP contribution in [0.3, 0.4) is 0 Å². The minimum Gasteiger partial charge on any atom is -0.460 e. The van der Waals surface area contributed by atoms with Gasteiger partial charge in [0.05, 0.1) is 22.1 Å². The standard InChI is InChI=1S/C16H14O4S2/c1-2-20-16(19)13(18)10-12(17)14-8-9-15(22-14)21-11-6-4-3-5-7-11/h3-9H,2,10H2,1H3. The lowest BCUT2D eigenvalue weighted by atomic mass is 10.2. The van der Waals surface area contributed by atoms with Crippen LogP contribution in [0.15, 0.2) is 51.6 Å². The van der Waals surface area contributed by atoms with E-state index in [-0.39, 0.29) is 12.4 Å². The van der Waals surface area contributed by atoms with Gasteiger partial charge in [0.25, 0.3) is 0 Å². The maximum Gasteiger partial charge on any atom is 0.375 e. The summed E-state index contributed by atoms with van der Waals surface area (Å²) in [4.78, 5) is 36.3. The molecule has 0 spiro atoms. The summed E-state index contributed by atoms with van der Waals surface area (Å²) in [6.07, 6.45) is -0.450. The van der Waals surface area contributed by atoms with Crippen LogP contribution in [0.1, 0.15) is 23.0 Å². The Morgan fingerprint density at radius 3 is 2.50 bits per heavy atom. The number of Topliss-reactive ketones (excluding diaryl/α,β-unsaturated/α-hetero) is 2. The van der Waals surface area contributed by atoms with Gasteiger partial charge in [-0.05, 0) is 31.2 Å². The van der Waals surface area contributed by atoms with Crippen molar-refractivity contribution in [2.75, 3.05) is 6.61 Å². The van der Waals surface area contributed by atoms with Gasteiger partial charge < -0.3 is 4.74 Å². The summed E-state index contributed by atoms with van der Waals surface area (Å²) in [6.45, 7) is 1.73. The lowest BCUT2D eigenvalue weighted by Gasteiger charge is -1.99. The van der Waals surface area contributed by atoms with Gasteiger partial charge in [0.15, 0.2) is 5.78 Å². The maximum atomic E-state index is 12.0. The zero-order chi connectivity index (χ0) is 15.9. The molecule has 22 heavy (non-hydrogen) atoms. The van der Waals surface area contributed by atoms with Gasteiger partial charge in [-0.1, -0.05) is 30.0 Å². The molecule has 0 atom stereocenters. The average molecular weight is 334 g/mol. The fraction of sp³-hybridized carbons (Fsp3) is 0.188. The van der Waals surface area contributed by atoms with Crippen LogP contribution >= 0.6 is 23.1 Å². The van der Waals surface area contributed by atoms with Crippen LogP contribution in [0.5, 0.6) is 0 Å². The topological polar surface area (TPSA) is 60.4 Å². The van der Waals surface area contributed by atoms with Crippen molar-refractivity contribution in [1.29, 1.82) is 0 Å². The van der Waals surface area contributed by atoms with Crippen molar-refractivity contribution in [3.05, 3.63) is 47.3 Å². The molecule has 0 aliphatic rings. The minimum absolute atomic E-state index is 0.121. The van der Waals surface area contributed by atoms with E-state index in [9.17, 15) is 14.4 Å². The summed E-state index contributed by atoms with van der Waals surface area (Å²) >= 11 is 2.86. The number of carbonyl (C=O) groups is 3. The molecule has 0 fully saturated rings. The molecule has 0 aliphatic carbocycles. The van der Waals surface area contributed by atoms with Crippen molar-refractivity contribution in [3.8, 4) is 0 Å². The first-order chi connectivity index (χ1) is 10.6. The van der Waals surface area contributed by atoms with Gasteiger partial charge in [0, 0.05) is 4.90 Å². The van der Waals surface area contributed by atoms with Crippen LogP contribution in [-0.4, -0.2) is 24.1 Å². The molecule has 1 aromatic carbocycles. The van der Waals surface area contributed by atoms with Gasteiger partial charge in [-0.25, -0.2) is 4.79 Å². The molecule has 1 heterocycles. The Hall–Kier alpha value is -1.92. The maximum absolute atomic E-state index is 12.0. The Bertz CT molecular complexity index is 676. The van der Waals surface area contributed by atoms with Gasteiger partial charge in [0.2, 0.25) is 5.78 Å². The van der Waals surface area contributed by atoms with E-state index in [1.807, 2.05) is 36.4 Å². The molecule has 4 nitrogen and oxygen atoms in total. The molecule has 0 amide bonds. The third-order valence-electron chi connectivity index (χ3n) is 2.64. The molecule has 2 rings (SSSR count). The minimum atomic E-state index is -0.953. The van der Waals surface area contributed by atoms with Gasteiger partial charge in [-0.15, -0.1) is 11.3 Å². The SMILES string of the molecule is CCOC(=O)C(=O)CC(=O)c1ccc(Sc2ccccc2)s1. The lowest BCUT2D eigenvalue weighted by Crippen LogP contribution is -2.20. The first kappa shape index (κ1) is 16.5. The predicted octanol–water partition coefficient (Wildman–Crippen LogP) is 3.60. The average Bonchev–Trinajstić information content (AvgIpc) is 2.97. The fourth-order valence-electron chi connectivity index (χ4n) is 1.65. The number of esters is 1. The summed E-state index contributed by atoms with van der Waals surface area (Å²) in [6, 6.07) is 13.3. The highest BCUT2D eigenvalue weighted by Gasteiger charge is 2.21. The molecule has 0 unspecified atom stereocenters. The lowest BCUT2D eigenvalue weighted by molar-refractivity contribution is -0.153. The van der Waals surface area contributed by atoms with E-state index < -0.39 is 18.2 Å². The molecule has 114 valence electrons. The molecule has 0 N–H and O–H groups in total. The molecular weight excluding hydrogens is 320 g/mol. The van der Waals surface area contributed by atoms with Crippen molar-refractivity contribution in [2.24, 2.45) is 0 Å². The number of carbonyl (C=O) groups excluding carboxylic acids is 3. The van der Waals surface area contributed by atoms with Crippen LogP contribution in [0.2, 0.25) is 0 Å². The van der Waals surface area contributed by atoms with Crippen LogP contribution in [-0.2, 0) is 14.3 Å². The van der Waals surface area contributed by atoms with E-state index in [1.165, 1.54) is 11.3 Å². The van der Waals surface area contributed by atoms with Gasteiger partial charge in [-0.3, -0.25) is 9.59 Å². The zero-order valence-electron chi connectivity index (χ0n) is 11.9. The number of benzene rings is 1. The second kappa shape index (κ2) is 7.91. The van der Waals surface area contributed by atoms with E-state index in [1.54, 1.807) is 24.8 Å². The fourth-order valence-corrected chi connectivity index (χ4v) is 3.71. The zero-order valence-corrected chi connectivity index (χ0v) is 13.5. The molecule has 6 heteroatoms. The first-order valence-corrected chi connectivity index (χ1v) is 8.29. The summed E-state index contributed by atoms with van der Waals surface area (Å²) in [5.41, 5.74) is 0. The van der Waals surface area contributed by atoms with Crippen molar-refractivity contribution >= 4 is 40.6 Å². The summed E-state index contributed by atoms with van der Waals surface area (Å²) in [5.74, 6) is -2.12. The summed E-state index contributed by atoms with van der Waals surface area (Å²) < 4.78 is 5.54. The molecule has 0 bridgehead atoms. The number of hydrogen-bond acceptors (Lipinski definition) is 6. The van der Waals surface area contributed by atoms with Crippen molar-refractivity contribution in [1.82, 2.24) is 0 Å². The van der Waals surface area contributed by atoms with E-state index in [2.05, 4.69) is 4.74 Å². The van der Waals surface area contributed by atoms with E-state index in [0.717, 1.165) is 9.10 Å². The smallest absolute Gasteiger partial charge is 0.375 e. The Kier molecular flexibility index (Phi) is 5.91. The third-order valence-corrected chi connectivity index (χ3v) is 4.91. The Morgan fingerprint density at radius 1 is 1.09 bits per heavy atom. The molecule has 1 aromatic heterocycles. The first-order valence-electron chi connectivity index (χ1n) is 6.66. The van der Waals surface area contributed by atoms with Gasteiger partial charge in [-0.2, -0.15) is 0 Å². The van der Waals surface area contributed by atoms with E-state index >= 15 is 0 Å². The highest BCUT2D eigenvalue weighted by Crippen LogP contribution is 2.33. The number of ether oxygens (including phenoxy) is 1. The highest BCUT2D eigenvalue weighted by atomic mass is 32.2. The Labute approximate surface area is 136 Å². The monoisotopic (exact) mass is 334 g/mol. The van der Waals surface area contributed by atoms with E-state index in [0.29, 0.717) is 4.88 Å². The molecular formula is C16H14O4S2. The highest BCUT2D eigenvalue weighted by molar-refractivity contribution is 8.01. The second-order valence-corrected chi connectivity index (χ2v) is 6.73. The van der Waals surface area contributed by atoms with Gasteiger partial charge in [0.1, 0.15) is 0 Å². The Balaban J connectivity index is 1.97. The molecule has 0 saturated carbocycles. The quantitative estimate of drug-likeness (QED) is 0.335. The van der Waals surface area contributed by atoms with Crippen LogP contribution in [0, 0.1) is 0 Å². The van der Waals surface area contributed by atoms with E-state index in [4.69, 9.17) is 0 Å².